The molecule has 0 atom stereocenters. The molecule has 0 amide bonds. The predicted molar refractivity (Wildman–Crippen MR) is 83.8 cm³/mol. The van der Waals surface area contributed by atoms with Gasteiger partial charge in [0.2, 0.25) is 0 Å². The van der Waals surface area contributed by atoms with Crippen molar-refractivity contribution in [3.63, 3.8) is 0 Å². The maximum Gasteiger partial charge on any atom is 0.258 e. The van der Waals surface area contributed by atoms with Gasteiger partial charge in [-0.05, 0) is 43.5 Å². The molecule has 1 aliphatic carbocycles. The Bertz CT molecular complexity index is 764. The van der Waals surface area contributed by atoms with Gasteiger partial charge >= 0.3 is 0 Å². The Morgan fingerprint density at radius 3 is 2.77 bits per heavy atom. The van der Waals surface area contributed by atoms with Crippen molar-refractivity contribution >= 4 is 12.4 Å². The third-order valence-corrected chi connectivity index (χ3v) is 3.98. The van der Waals surface area contributed by atoms with Crippen LogP contribution in [0.1, 0.15) is 25.1 Å². The molecule has 0 unspecified atom stereocenters. The first kappa shape index (κ1) is 14.7. The maximum atomic E-state index is 6.22. The summed E-state index contributed by atoms with van der Waals surface area (Å²) in [5.74, 6) is 1.10. The van der Waals surface area contributed by atoms with Crippen LogP contribution in [0.2, 0.25) is 0 Å². The third kappa shape index (κ3) is 2.40. The highest BCUT2D eigenvalue weighted by Gasteiger charge is 2.39. The van der Waals surface area contributed by atoms with Crippen LogP contribution >= 0.6 is 12.4 Å². The van der Waals surface area contributed by atoms with Gasteiger partial charge in [-0.1, -0.05) is 11.2 Å². The summed E-state index contributed by atoms with van der Waals surface area (Å²) in [6, 6.07) is 9.71. The number of halogens is 1. The van der Waals surface area contributed by atoms with Gasteiger partial charge in [-0.2, -0.15) is 10.1 Å². The molecule has 22 heavy (non-hydrogen) atoms. The molecular formula is C15H16ClN5O. The second-order valence-corrected chi connectivity index (χ2v) is 5.43. The summed E-state index contributed by atoms with van der Waals surface area (Å²) in [5.41, 5.74) is 7.64. The van der Waals surface area contributed by atoms with Gasteiger partial charge in [0.15, 0.2) is 5.82 Å². The summed E-state index contributed by atoms with van der Waals surface area (Å²) in [5, 5.41) is 8.26. The quantitative estimate of drug-likeness (QED) is 0.803. The Morgan fingerprint density at radius 2 is 2.09 bits per heavy atom. The van der Waals surface area contributed by atoms with Crippen molar-refractivity contribution < 1.29 is 4.52 Å². The van der Waals surface area contributed by atoms with Crippen LogP contribution < -0.4 is 5.73 Å². The van der Waals surface area contributed by atoms with Gasteiger partial charge in [-0.3, -0.25) is 0 Å². The van der Waals surface area contributed by atoms with Crippen molar-refractivity contribution in [3.05, 3.63) is 48.5 Å². The lowest BCUT2D eigenvalue weighted by atomic mass is 9.77. The molecule has 2 N–H and O–H groups in total. The molecule has 0 spiro atoms. The third-order valence-electron chi connectivity index (χ3n) is 3.98. The topological polar surface area (TPSA) is 82.8 Å². The number of aromatic nitrogens is 4. The summed E-state index contributed by atoms with van der Waals surface area (Å²) >= 11 is 0. The van der Waals surface area contributed by atoms with Crippen molar-refractivity contribution in [1.82, 2.24) is 19.9 Å². The Labute approximate surface area is 133 Å². The van der Waals surface area contributed by atoms with Gasteiger partial charge in [-0.25, -0.2) is 4.68 Å². The first-order valence-corrected chi connectivity index (χ1v) is 6.98. The minimum absolute atomic E-state index is 0. The number of hydrogen-bond acceptors (Lipinski definition) is 5. The highest BCUT2D eigenvalue weighted by atomic mass is 35.5. The molecule has 2 heterocycles. The lowest BCUT2D eigenvalue weighted by Crippen LogP contribution is -2.44. The zero-order valence-electron chi connectivity index (χ0n) is 11.8. The van der Waals surface area contributed by atoms with E-state index in [1.165, 1.54) is 0 Å². The number of rotatable bonds is 3. The number of hydrogen-bond donors (Lipinski definition) is 1. The van der Waals surface area contributed by atoms with Crippen molar-refractivity contribution in [2.24, 2.45) is 5.73 Å². The van der Waals surface area contributed by atoms with Gasteiger partial charge in [0, 0.05) is 18.0 Å². The molecule has 0 bridgehead atoms. The van der Waals surface area contributed by atoms with E-state index in [1.54, 1.807) is 10.9 Å². The maximum absolute atomic E-state index is 6.22. The second kappa shape index (κ2) is 5.55. The van der Waals surface area contributed by atoms with E-state index >= 15 is 0 Å². The minimum atomic E-state index is -0.401. The highest BCUT2D eigenvalue weighted by molar-refractivity contribution is 5.85. The first-order valence-electron chi connectivity index (χ1n) is 6.98. The van der Waals surface area contributed by atoms with E-state index in [0.717, 1.165) is 30.5 Å². The van der Waals surface area contributed by atoms with Crippen LogP contribution in [0, 0.1) is 0 Å². The summed E-state index contributed by atoms with van der Waals surface area (Å²) in [7, 11) is 0. The first-order chi connectivity index (χ1) is 10.2. The average Bonchev–Trinajstić information content (AvgIpc) is 3.16. The SMILES string of the molecule is Cl.NC1(c2noc(-c3cccc(-n4cccn4)c3)n2)CCC1. The van der Waals surface area contributed by atoms with Gasteiger partial charge in [-0.15, -0.1) is 12.4 Å². The van der Waals surface area contributed by atoms with Crippen LogP contribution in [0.3, 0.4) is 0 Å². The standard InChI is InChI=1S/C15H15N5O.ClH/c16-15(6-2-7-15)14-18-13(21-19-14)11-4-1-5-12(10-11)20-9-3-8-17-20;/h1,3-5,8-10H,2,6-7,16H2;1H. The predicted octanol–water partition coefficient (Wildman–Crippen LogP) is 2.68. The Balaban J connectivity index is 0.00000144. The molecule has 4 rings (SSSR count). The zero-order valence-corrected chi connectivity index (χ0v) is 12.7. The smallest absolute Gasteiger partial charge is 0.258 e. The molecule has 3 aromatic rings. The van der Waals surface area contributed by atoms with Crippen LogP contribution in [0.4, 0.5) is 0 Å². The van der Waals surface area contributed by atoms with E-state index in [2.05, 4.69) is 15.2 Å². The molecule has 1 aliphatic rings. The van der Waals surface area contributed by atoms with Crippen LogP contribution in [-0.2, 0) is 5.54 Å². The van der Waals surface area contributed by atoms with Crippen molar-refractivity contribution in [1.29, 1.82) is 0 Å². The molecule has 1 aromatic carbocycles. The molecule has 0 saturated heterocycles. The Kier molecular flexibility index (Phi) is 3.72. The average molecular weight is 318 g/mol. The molecule has 1 saturated carbocycles. The van der Waals surface area contributed by atoms with E-state index in [-0.39, 0.29) is 12.4 Å². The van der Waals surface area contributed by atoms with Crippen molar-refractivity contribution in [2.75, 3.05) is 0 Å². The van der Waals surface area contributed by atoms with E-state index in [9.17, 15) is 0 Å². The monoisotopic (exact) mass is 317 g/mol. The van der Waals surface area contributed by atoms with E-state index in [1.807, 2.05) is 36.5 Å². The van der Waals surface area contributed by atoms with Crippen LogP contribution in [-0.4, -0.2) is 19.9 Å². The van der Waals surface area contributed by atoms with Gasteiger partial charge in [0.25, 0.3) is 5.89 Å². The van der Waals surface area contributed by atoms with Crippen LogP contribution in [0.15, 0.2) is 47.2 Å². The van der Waals surface area contributed by atoms with Gasteiger partial charge < -0.3 is 10.3 Å². The fourth-order valence-corrected chi connectivity index (χ4v) is 2.53. The largest absolute Gasteiger partial charge is 0.334 e. The minimum Gasteiger partial charge on any atom is -0.334 e. The summed E-state index contributed by atoms with van der Waals surface area (Å²) < 4.78 is 7.16. The lowest BCUT2D eigenvalue weighted by Gasteiger charge is -2.34. The molecular weight excluding hydrogens is 302 g/mol. The van der Waals surface area contributed by atoms with E-state index in [0.29, 0.717) is 11.7 Å². The normalized spacial score (nSPS) is 15.9. The lowest BCUT2D eigenvalue weighted by molar-refractivity contribution is 0.229. The Morgan fingerprint density at radius 1 is 1.23 bits per heavy atom. The second-order valence-electron chi connectivity index (χ2n) is 5.43. The fourth-order valence-electron chi connectivity index (χ4n) is 2.53. The summed E-state index contributed by atoms with van der Waals surface area (Å²) in [6.07, 6.45) is 6.58. The summed E-state index contributed by atoms with van der Waals surface area (Å²) in [6.45, 7) is 0. The van der Waals surface area contributed by atoms with E-state index < -0.39 is 5.54 Å². The van der Waals surface area contributed by atoms with Gasteiger partial charge in [0.1, 0.15) is 0 Å². The molecule has 6 nitrogen and oxygen atoms in total. The van der Waals surface area contributed by atoms with Gasteiger partial charge in [0.05, 0.1) is 11.2 Å². The number of nitrogens with two attached hydrogens (primary N) is 1. The van der Waals surface area contributed by atoms with Crippen LogP contribution in [0.25, 0.3) is 17.1 Å². The highest BCUT2D eigenvalue weighted by Crippen LogP contribution is 2.37. The molecule has 114 valence electrons. The molecule has 0 aliphatic heterocycles. The summed E-state index contributed by atoms with van der Waals surface area (Å²) in [4.78, 5) is 4.46. The number of benzene rings is 1. The fraction of sp³-hybridized carbons (Fsp3) is 0.267. The van der Waals surface area contributed by atoms with Crippen LogP contribution in [0.5, 0.6) is 0 Å². The molecule has 2 aromatic heterocycles. The Hall–Kier alpha value is -2.18. The molecule has 1 fully saturated rings. The molecule has 0 radical (unpaired) electrons. The number of nitrogens with zero attached hydrogens (tertiary/aromatic N) is 4. The molecule has 7 heteroatoms. The van der Waals surface area contributed by atoms with Crippen molar-refractivity contribution in [3.8, 4) is 17.1 Å². The van der Waals surface area contributed by atoms with E-state index in [4.69, 9.17) is 10.3 Å². The van der Waals surface area contributed by atoms with Crippen molar-refractivity contribution in [2.45, 2.75) is 24.8 Å². The zero-order chi connectivity index (χ0) is 14.3.